The summed E-state index contributed by atoms with van der Waals surface area (Å²) in [6, 6.07) is 0. The Morgan fingerprint density at radius 2 is 2.23 bits per heavy atom. The molecule has 0 aromatic heterocycles. The van der Waals surface area contributed by atoms with Gasteiger partial charge in [0.15, 0.2) is 0 Å². The second kappa shape index (κ2) is 2.98. The zero-order valence-corrected chi connectivity index (χ0v) is 8.38. The van der Waals surface area contributed by atoms with Gasteiger partial charge in [0.2, 0.25) is 5.91 Å². The third-order valence-electron chi connectivity index (χ3n) is 3.40. The van der Waals surface area contributed by atoms with Gasteiger partial charge in [0.05, 0.1) is 6.10 Å². The van der Waals surface area contributed by atoms with Crippen LogP contribution in [0.15, 0.2) is 0 Å². The van der Waals surface area contributed by atoms with Crippen molar-refractivity contribution in [1.29, 1.82) is 0 Å². The Kier molecular flexibility index (Phi) is 2.06. The van der Waals surface area contributed by atoms with Crippen molar-refractivity contribution in [3.8, 4) is 0 Å². The van der Waals surface area contributed by atoms with Crippen molar-refractivity contribution >= 4 is 5.91 Å². The van der Waals surface area contributed by atoms with Gasteiger partial charge in [-0.05, 0) is 25.7 Å². The summed E-state index contributed by atoms with van der Waals surface area (Å²) in [6.45, 7) is 2.56. The standard InChI is InChI=1S/C10H17NO2/c1-8(12)11-6-3-9(13-2)7-10(11)4-5-10/h9H,3-7H2,1-2H3. The van der Waals surface area contributed by atoms with Crippen LogP contribution in [0.3, 0.4) is 0 Å². The van der Waals surface area contributed by atoms with E-state index in [4.69, 9.17) is 4.74 Å². The first-order valence-corrected chi connectivity index (χ1v) is 4.99. The highest BCUT2D eigenvalue weighted by molar-refractivity contribution is 5.75. The van der Waals surface area contributed by atoms with Gasteiger partial charge in [-0.15, -0.1) is 0 Å². The molecule has 1 unspecified atom stereocenters. The van der Waals surface area contributed by atoms with Crippen LogP contribution in [0.25, 0.3) is 0 Å². The summed E-state index contributed by atoms with van der Waals surface area (Å²) >= 11 is 0. The topological polar surface area (TPSA) is 29.5 Å². The van der Waals surface area contributed by atoms with Crippen LogP contribution in [0.4, 0.5) is 0 Å². The quantitative estimate of drug-likeness (QED) is 0.611. The van der Waals surface area contributed by atoms with Crippen LogP contribution in [0.2, 0.25) is 0 Å². The largest absolute Gasteiger partial charge is 0.381 e. The van der Waals surface area contributed by atoms with E-state index < -0.39 is 0 Å². The van der Waals surface area contributed by atoms with Gasteiger partial charge < -0.3 is 9.64 Å². The van der Waals surface area contributed by atoms with Crippen molar-refractivity contribution in [2.45, 2.75) is 44.2 Å². The van der Waals surface area contributed by atoms with Crippen LogP contribution in [-0.4, -0.2) is 36.1 Å². The van der Waals surface area contributed by atoms with Crippen LogP contribution in [0.1, 0.15) is 32.6 Å². The number of rotatable bonds is 1. The number of carbonyl (C=O) groups is 1. The van der Waals surface area contributed by atoms with E-state index in [9.17, 15) is 4.79 Å². The number of hydrogen-bond acceptors (Lipinski definition) is 2. The maximum atomic E-state index is 11.3. The molecular weight excluding hydrogens is 166 g/mol. The summed E-state index contributed by atoms with van der Waals surface area (Å²) in [5.74, 6) is 0.229. The van der Waals surface area contributed by atoms with Crippen molar-refractivity contribution in [2.75, 3.05) is 13.7 Å². The average molecular weight is 183 g/mol. The lowest BCUT2D eigenvalue weighted by Crippen LogP contribution is -2.48. The molecule has 1 aliphatic heterocycles. The van der Waals surface area contributed by atoms with Crippen molar-refractivity contribution in [2.24, 2.45) is 0 Å². The number of ether oxygens (including phenoxy) is 1. The summed E-state index contributed by atoms with van der Waals surface area (Å²) < 4.78 is 5.36. The lowest BCUT2D eigenvalue weighted by atomic mass is 9.97. The summed E-state index contributed by atoms with van der Waals surface area (Å²) in [4.78, 5) is 13.4. The van der Waals surface area contributed by atoms with Gasteiger partial charge in [0, 0.05) is 26.1 Å². The van der Waals surface area contributed by atoms with E-state index >= 15 is 0 Å². The highest BCUT2D eigenvalue weighted by Crippen LogP contribution is 2.48. The first kappa shape index (κ1) is 9.00. The number of hydrogen-bond donors (Lipinski definition) is 0. The maximum absolute atomic E-state index is 11.3. The average Bonchev–Trinajstić information content (AvgIpc) is 2.84. The zero-order chi connectivity index (χ0) is 9.47. The Morgan fingerprint density at radius 3 is 2.69 bits per heavy atom. The summed E-state index contributed by atoms with van der Waals surface area (Å²) in [5.41, 5.74) is 0.199. The van der Waals surface area contributed by atoms with Gasteiger partial charge >= 0.3 is 0 Å². The van der Waals surface area contributed by atoms with Crippen LogP contribution in [0.5, 0.6) is 0 Å². The third kappa shape index (κ3) is 1.46. The minimum Gasteiger partial charge on any atom is -0.381 e. The molecule has 3 nitrogen and oxygen atoms in total. The molecule has 1 aliphatic carbocycles. The number of nitrogens with zero attached hydrogens (tertiary/aromatic N) is 1. The third-order valence-corrected chi connectivity index (χ3v) is 3.40. The van der Waals surface area contributed by atoms with E-state index in [0.29, 0.717) is 6.10 Å². The fraction of sp³-hybridized carbons (Fsp3) is 0.900. The summed E-state index contributed by atoms with van der Waals surface area (Å²) in [6.07, 6.45) is 4.76. The van der Waals surface area contributed by atoms with Gasteiger partial charge in [-0.1, -0.05) is 0 Å². The molecule has 0 radical (unpaired) electrons. The molecular formula is C10H17NO2. The Bertz CT molecular complexity index is 223. The number of likely N-dealkylation sites (tertiary alicyclic amines) is 1. The predicted octanol–water partition coefficient (Wildman–Crippen LogP) is 1.18. The molecule has 13 heavy (non-hydrogen) atoms. The molecule has 3 heteroatoms. The normalized spacial score (nSPS) is 30.6. The Hall–Kier alpha value is -0.570. The molecule has 0 N–H and O–H groups in total. The molecule has 1 spiro atoms. The van der Waals surface area contributed by atoms with Crippen molar-refractivity contribution in [3.63, 3.8) is 0 Å². The molecule has 0 aromatic carbocycles. The smallest absolute Gasteiger partial charge is 0.219 e. The Morgan fingerprint density at radius 1 is 1.54 bits per heavy atom. The molecule has 1 saturated heterocycles. The molecule has 1 heterocycles. The number of amides is 1. The van der Waals surface area contributed by atoms with Gasteiger partial charge in [0.1, 0.15) is 0 Å². The molecule has 2 aliphatic rings. The van der Waals surface area contributed by atoms with Crippen molar-refractivity contribution in [3.05, 3.63) is 0 Å². The minimum atomic E-state index is 0.199. The van der Waals surface area contributed by atoms with Crippen LogP contribution in [-0.2, 0) is 9.53 Å². The Balaban J connectivity index is 2.05. The Labute approximate surface area is 79.0 Å². The molecule has 0 aromatic rings. The van der Waals surface area contributed by atoms with Gasteiger partial charge in [-0.2, -0.15) is 0 Å². The van der Waals surface area contributed by atoms with E-state index in [0.717, 1.165) is 19.4 Å². The molecule has 2 fully saturated rings. The van der Waals surface area contributed by atoms with E-state index in [1.165, 1.54) is 12.8 Å². The summed E-state index contributed by atoms with van der Waals surface area (Å²) in [7, 11) is 1.77. The fourth-order valence-electron chi connectivity index (χ4n) is 2.46. The lowest BCUT2D eigenvalue weighted by Gasteiger charge is -2.39. The maximum Gasteiger partial charge on any atom is 0.219 e. The monoisotopic (exact) mass is 183 g/mol. The second-order valence-electron chi connectivity index (χ2n) is 4.25. The van der Waals surface area contributed by atoms with Crippen molar-refractivity contribution < 1.29 is 9.53 Å². The van der Waals surface area contributed by atoms with Gasteiger partial charge in [-0.25, -0.2) is 0 Å². The first-order chi connectivity index (χ1) is 6.18. The predicted molar refractivity (Wildman–Crippen MR) is 49.4 cm³/mol. The van der Waals surface area contributed by atoms with Crippen LogP contribution >= 0.6 is 0 Å². The van der Waals surface area contributed by atoms with E-state index in [1.54, 1.807) is 14.0 Å². The highest BCUT2D eigenvalue weighted by Gasteiger charge is 2.52. The highest BCUT2D eigenvalue weighted by atomic mass is 16.5. The van der Waals surface area contributed by atoms with Gasteiger partial charge in [0.25, 0.3) is 0 Å². The van der Waals surface area contributed by atoms with Crippen molar-refractivity contribution in [1.82, 2.24) is 4.90 Å². The van der Waals surface area contributed by atoms with Crippen LogP contribution < -0.4 is 0 Å². The molecule has 2 rings (SSSR count). The molecule has 1 saturated carbocycles. The fourth-order valence-corrected chi connectivity index (χ4v) is 2.46. The van der Waals surface area contributed by atoms with Crippen LogP contribution in [0, 0.1) is 0 Å². The second-order valence-corrected chi connectivity index (χ2v) is 4.25. The van der Waals surface area contributed by atoms with E-state index in [2.05, 4.69) is 0 Å². The summed E-state index contributed by atoms with van der Waals surface area (Å²) in [5, 5.41) is 0. The van der Waals surface area contributed by atoms with E-state index in [-0.39, 0.29) is 11.4 Å². The number of carbonyl (C=O) groups excluding carboxylic acids is 1. The molecule has 0 bridgehead atoms. The van der Waals surface area contributed by atoms with E-state index in [1.807, 2.05) is 4.90 Å². The molecule has 1 amide bonds. The molecule has 1 atom stereocenters. The lowest BCUT2D eigenvalue weighted by molar-refractivity contribution is -0.136. The number of piperidine rings is 1. The van der Waals surface area contributed by atoms with Gasteiger partial charge in [-0.3, -0.25) is 4.79 Å². The zero-order valence-electron chi connectivity index (χ0n) is 8.38. The minimum absolute atomic E-state index is 0.199. The number of methoxy groups -OCH3 is 1. The SMILES string of the molecule is COC1CCN(C(C)=O)C2(CC2)C1. The first-order valence-electron chi connectivity index (χ1n) is 4.99. The molecule has 74 valence electrons.